The van der Waals surface area contributed by atoms with Crippen molar-refractivity contribution in [3.05, 3.63) is 41.2 Å². The zero-order valence-electron chi connectivity index (χ0n) is 18.5. The van der Waals surface area contributed by atoms with Gasteiger partial charge < -0.3 is 9.47 Å². The van der Waals surface area contributed by atoms with Crippen LogP contribution in [0.15, 0.2) is 24.3 Å². The molecule has 1 spiro atoms. The highest BCUT2D eigenvalue weighted by Gasteiger charge is 2.38. The van der Waals surface area contributed by atoms with Gasteiger partial charge in [0.05, 0.1) is 13.2 Å². The molecule has 0 unspecified atom stereocenters. The van der Waals surface area contributed by atoms with Gasteiger partial charge in [0.25, 0.3) is 0 Å². The Labute approximate surface area is 181 Å². The van der Waals surface area contributed by atoms with Crippen LogP contribution in [0, 0.1) is 23.6 Å². The Morgan fingerprint density at radius 3 is 2.17 bits per heavy atom. The van der Waals surface area contributed by atoms with Gasteiger partial charge in [0.2, 0.25) is 0 Å². The predicted octanol–water partition coefficient (Wildman–Crippen LogP) is 7.24. The van der Waals surface area contributed by atoms with Crippen LogP contribution >= 0.6 is 0 Å². The largest absolute Gasteiger partial charge is 0.347 e. The first-order chi connectivity index (χ1) is 14.6. The van der Waals surface area contributed by atoms with Crippen LogP contribution in [-0.2, 0) is 9.47 Å². The molecule has 164 valence electrons. The van der Waals surface area contributed by atoms with Gasteiger partial charge in [0.15, 0.2) is 5.79 Å². The molecular formula is C27H37FO2. The lowest BCUT2D eigenvalue weighted by molar-refractivity contribution is -0.159. The van der Waals surface area contributed by atoms with Crippen LogP contribution in [0.3, 0.4) is 0 Å². The van der Waals surface area contributed by atoms with E-state index in [4.69, 9.17) is 9.47 Å². The molecule has 2 saturated carbocycles. The Morgan fingerprint density at radius 2 is 1.57 bits per heavy atom. The van der Waals surface area contributed by atoms with E-state index in [2.05, 4.69) is 19.1 Å². The molecule has 1 saturated heterocycles. The average molecular weight is 413 g/mol. The van der Waals surface area contributed by atoms with E-state index in [0.29, 0.717) is 19.1 Å². The third kappa shape index (κ3) is 4.25. The molecule has 0 amide bonds. The van der Waals surface area contributed by atoms with Gasteiger partial charge in [-0.2, -0.15) is 0 Å². The van der Waals surface area contributed by atoms with E-state index in [1.165, 1.54) is 56.9 Å². The maximum atomic E-state index is 15.1. The summed E-state index contributed by atoms with van der Waals surface area (Å²) in [5, 5.41) is 0. The molecule has 4 aliphatic rings. The van der Waals surface area contributed by atoms with Crippen LogP contribution in [0.1, 0.15) is 94.6 Å². The van der Waals surface area contributed by atoms with Crippen LogP contribution in [0.25, 0.3) is 5.57 Å². The number of hydrogen-bond acceptors (Lipinski definition) is 2. The molecule has 5 rings (SSSR count). The van der Waals surface area contributed by atoms with Gasteiger partial charge in [0.1, 0.15) is 5.82 Å². The Morgan fingerprint density at radius 1 is 0.900 bits per heavy atom. The molecule has 3 aliphatic carbocycles. The van der Waals surface area contributed by atoms with Crippen LogP contribution in [0.5, 0.6) is 0 Å². The summed E-state index contributed by atoms with van der Waals surface area (Å²) in [4.78, 5) is 0. The Kier molecular flexibility index (Phi) is 6.03. The normalized spacial score (nSPS) is 34.1. The van der Waals surface area contributed by atoms with Gasteiger partial charge in [-0.1, -0.05) is 38.0 Å². The average Bonchev–Trinajstić information content (AvgIpc) is 3.23. The number of ether oxygens (including phenoxy) is 2. The SMILES string of the molecule is CC1CCC(C2CCC(c3ccc(C4=CCC5(CC4)OCCO5)c(F)c3)CC2)CC1. The fourth-order valence-electron chi connectivity index (χ4n) is 6.54. The molecule has 1 aromatic rings. The summed E-state index contributed by atoms with van der Waals surface area (Å²) in [6, 6.07) is 6.05. The van der Waals surface area contributed by atoms with Crippen molar-refractivity contribution in [2.45, 2.75) is 89.3 Å². The monoisotopic (exact) mass is 412 g/mol. The van der Waals surface area contributed by atoms with E-state index in [-0.39, 0.29) is 5.82 Å². The molecule has 0 bridgehead atoms. The third-order valence-electron chi connectivity index (χ3n) is 8.56. The molecule has 1 aromatic carbocycles. The van der Waals surface area contributed by atoms with Crippen LogP contribution < -0.4 is 0 Å². The van der Waals surface area contributed by atoms with Crippen molar-refractivity contribution in [1.82, 2.24) is 0 Å². The topological polar surface area (TPSA) is 18.5 Å². The first-order valence-corrected chi connectivity index (χ1v) is 12.4. The minimum absolute atomic E-state index is 0.0497. The molecule has 3 fully saturated rings. The highest BCUT2D eigenvalue weighted by molar-refractivity contribution is 5.67. The van der Waals surface area contributed by atoms with E-state index in [0.717, 1.165) is 48.2 Å². The van der Waals surface area contributed by atoms with Crippen molar-refractivity contribution in [2.75, 3.05) is 13.2 Å². The van der Waals surface area contributed by atoms with Crippen molar-refractivity contribution < 1.29 is 13.9 Å². The third-order valence-corrected chi connectivity index (χ3v) is 8.56. The molecule has 30 heavy (non-hydrogen) atoms. The van der Waals surface area contributed by atoms with E-state index >= 15 is 4.39 Å². The second kappa shape index (κ2) is 8.74. The van der Waals surface area contributed by atoms with Crippen molar-refractivity contribution in [2.24, 2.45) is 17.8 Å². The highest BCUT2D eigenvalue weighted by atomic mass is 19.1. The van der Waals surface area contributed by atoms with Crippen molar-refractivity contribution in [3.8, 4) is 0 Å². The smallest absolute Gasteiger partial charge is 0.172 e. The van der Waals surface area contributed by atoms with Gasteiger partial charge in [0, 0.05) is 18.4 Å². The Hall–Kier alpha value is -1.19. The lowest BCUT2D eigenvalue weighted by atomic mass is 9.68. The minimum atomic E-state index is -0.436. The summed E-state index contributed by atoms with van der Waals surface area (Å²) in [5.41, 5.74) is 3.10. The van der Waals surface area contributed by atoms with Crippen molar-refractivity contribution in [1.29, 1.82) is 0 Å². The van der Waals surface area contributed by atoms with E-state index in [1.54, 1.807) is 0 Å². The molecule has 2 nitrogen and oxygen atoms in total. The van der Waals surface area contributed by atoms with Gasteiger partial charge >= 0.3 is 0 Å². The van der Waals surface area contributed by atoms with Crippen LogP contribution in [0.4, 0.5) is 4.39 Å². The summed E-state index contributed by atoms with van der Waals surface area (Å²) >= 11 is 0. The number of hydrogen-bond donors (Lipinski definition) is 0. The zero-order valence-corrected chi connectivity index (χ0v) is 18.5. The van der Waals surface area contributed by atoms with Gasteiger partial charge in [-0.05, 0) is 85.8 Å². The molecular weight excluding hydrogens is 375 g/mol. The number of rotatable bonds is 3. The van der Waals surface area contributed by atoms with Crippen LogP contribution in [0.2, 0.25) is 0 Å². The quantitative estimate of drug-likeness (QED) is 0.521. The van der Waals surface area contributed by atoms with Gasteiger partial charge in [-0.25, -0.2) is 4.39 Å². The lowest BCUT2D eigenvalue weighted by Crippen LogP contribution is -2.31. The molecule has 3 heteroatoms. The maximum absolute atomic E-state index is 15.1. The fraction of sp³-hybridized carbons (Fsp3) is 0.704. The standard InChI is InChI=1S/C27H37FO2/c1-19-2-4-20(5-3-19)21-6-8-22(9-7-21)24-10-11-25(26(28)18-24)23-12-14-27(15-13-23)29-16-17-30-27/h10-12,18-22H,2-9,13-17H2,1H3. The summed E-state index contributed by atoms with van der Waals surface area (Å²) < 4.78 is 26.6. The molecule has 0 atom stereocenters. The Balaban J connectivity index is 1.20. The van der Waals surface area contributed by atoms with E-state index in [9.17, 15) is 0 Å². The molecule has 0 N–H and O–H groups in total. The van der Waals surface area contributed by atoms with Gasteiger partial charge in [-0.15, -0.1) is 0 Å². The summed E-state index contributed by atoms with van der Waals surface area (Å²) in [5.74, 6) is 2.85. The summed E-state index contributed by atoms with van der Waals surface area (Å²) in [6.45, 7) is 3.76. The highest BCUT2D eigenvalue weighted by Crippen LogP contribution is 2.44. The second-order valence-corrected chi connectivity index (χ2v) is 10.4. The van der Waals surface area contributed by atoms with Crippen LogP contribution in [-0.4, -0.2) is 19.0 Å². The number of allylic oxidation sites excluding steroid dienone is 1. The van der Waals surface area contributed by atoms with Gasteiger partial charge in [-0.3, -0.25) is 0 Å². The lowest BCUT2D eigenvalue weighted by Gasteiger charge is -2.37. The first kappa shape index (κ1) is 20.7. The summed E-state index contributed by atoms with van der Waals surface area (Å²) in [6.07, 6.45) is 15.4. The maximum Gasteiger partial charge on any atom is 0.172 e. The van der Waals surface area contributed by atoms with Crippen molar-refractivity contribution in [3.63, 3.8) is 0 Å². The molecule has 1 aliphatic heterocycles. The van der Waals surface area contributed by atoms with E-state index < -0.39 is 5.79 Å². The fourth-order valence-corrected chi connectivity index (χ4v) is 6.54. The Bertz CT molecular complexity index is 763. The predicted molar refractivity (Wildman–Crippen MR) is 119 cm³/mol. The summed E-state index contributed by atoms with van der Waals surface area (Å²) in [7, 11) is 0. The second-order valence-electron chi connectivity index (χ2n) is 10.4. The molecule has 0 aromatic heterocycles. The number of benzene rings is 1. The van der Waals surface area contributed by atoms with Crippen molar-refractivity contribution >= 4 is 5.57 Å². The molecule has 0 radical (unpaired) electrons. The minimum Gasteiger partial charge on any atom is -0.347 e. The zero-order chi connectivity index (χ0) is 20.6. The molecule has 1 heterocycles. The first-order valence-electron chi connectivity index (χ1n) is 12.4. The number of halogens is 1. The van der Waals surface area contributed by atoms with E-state index in [1.807, 2.05) is 12.1 Å².